The Kier molecular flexibility index (Phi) is 6.54. The topological polar surface area (TPSA) is 69.3 Å². The van der Waals surface area contributed by atoms with Gasteiger partial charge in [0.05, 0.1) is 0 Å². The standard InChI is InChI=1S/C27H27FN4O/c1-17-8-9-19(3)25(14-17)31-27(32-26(33)20-11-10-18(2)23(28)15-20)29-13-12-21-16-30-24-7-5-4-6-22(21)24/h4-11,14-16,30H,12-13H2,1-3H3,(H2,29,31,32,33). The van der Waals surface area contributed by atoms with Crippen molar-refractivity contribution in [1.29, 1.82) is 0 Å². The number of H-pyrrole nitrogens is 1. The molecule has 0 fully saturated rings. The average molecular weight is 443 g/mol. The summed E-state index contributed by atoms with van der Waals surface area (Å²) in [6, 6.07) is 18.6. The average Bonchev–Trinajstić information content (AvgIpc) is 3.21. The molecule has 1 aromatic heterocycles. The molecule has 0 unspecified atom stereocenters. The smallest absolute Gasteiger partial charge is 0.258 e. The van der Waals surface area contributed by atoms with Gasteiger partial charge in [-0.3, -0.25) is 15.1 Å². The molecule has 0 saturated carbocycles. The van der Waals surface area contributed by atoms with Crippen molar-refractivity contribution in [3.8, 4) is 0 Å². The summed E-state index contributed by atoms with van der Waals surface area (Å²) in [6.07, 6.45) is 2.70. The fourth-order valence-electron chi connectivity index (χ4n) is 3.65. The van der Waals surface area contributed by atoms with Gasteiger partial charge in [-0.15, -0.1) is 0 Å². The lowest BCUT2D eigenvalue weighted by Crippen LogP contribution is -2.36. The number of halogens is 1. The zero-order valence-corrected chi connectivity index (χ0v) is 19.0. The SMILES string of the molecule is Cc1ccc(C)c(NC(=NCCc2c[nH]c3ccccc23)NC(=O)c2ccc(C)c(F)c2)c1. The number of aromatic nitrogens is 1. The number of aromatic amines is 1. The highest BCUT2D eigenvalue weighted by atomic mass is 19.1. The summed E-state index contributed by atoms with van der Waals surface area (Å²) < 4.78 is 14.0. The number of fused-ring (bicyclic) bond motifs is 1. The van der Waals surface area contributed by atoms with Crippen LogP contribution in [-0.2, 0) is 6.42 Å². The minimum absolute atomic E-state index is 0.241. The van der Waals surface area contributed by atoms with Crippen LogP contribution in [0.3, 0.4) is 0 Å². The van der Waals surface area contributed by atoms with Crippen molar-refractivity contribution < 1.29 is 9.18 Å². The number of carbonyl (C=O) groups excluding carboxylic acids is 1. The van der Waals surface area contributed by atoms with Crippen LogP contribution in [0.15, 0.2) is 71.9 Å². The first-order valence-corrected chi connectivity index (χ1v) is 10.9. The van der Waals surface area contributed by atoms with Gasteiger partial charge in [0.1, 0.15) is 5.82 Å². The van der Waals surface area contributed by atoms with E-state index in [1.807, 2.05) is 56.4 Å². The van der Waals surface area contributed by atoms with Crippen LogP contribution < -0.4 is 10.6 Å². The van der Waals surface area contributed by atoms with Crippen LogP contribution in [-0.4, -0.2) is 23.4 Å². The number of hydrogen-bond donors (Lipinski definition) is 3. The van der Waals surface area contributed by atoms with Gasteiger partial charge in [0.2, 0.25) is 5.96 Å². The third-order valence-corrected chi connectivity index (χ3v) is 5.64. The van der Waals surface area contributed by atoms with E-state index in [0.29, 0.717) is 24.5 Å². The number of benzene rings is 3. The predicted octanol–water partition coefficient (Wildman–Crippen LogP) is 5.67. The molecule has 0 aliphatic carbocycles. The van der Waals surface area contributed by atoms with E-state index >= 15 is 0 Å². The van der Waals surface area contributed by atoms with Crippen LogP contribution in [0.2, 0.25) is 0 Å². The van der Waals surface area contributed by atoms with E-state index in [1.54, 1.807) is 19.1 Å². The molecule has 6 heteroatoms. The molecule has 33 heavy (non-hydrogen) atoms. The lowest BCUT2D eigenvalue weighted by molar-refractivity contribution is 0.0976. The number of anilines is 1. The molecule has 0 radical (unpaired) electrons. The molecular weight excluding hydrogens is 415 g/mol. The Morgan fingerprint density at radius 3 is 2.61 bits per heavy atom. The van der Waals surface area contributed by atoms with Gasteiger partial charge >= 0.3 is 0 Å². The van der Waals surface area contributed by atoms with Crippen molar-refractivity contribution in [2.24, 2.45) is 4.99 Å². The molecule has 3 aromatic carbocycles. The van der Waals surface area contributed by atoms with Gasteiger partial charge in [-0.2, -0.15) is 0 Å². The summed E-state index contributed by atoms with van der Waals surface area (Å²) >= 11 is 0. The number of aryl methyl sites for hydroxylation is 3. The van der Waals surface area contributed by atoms with Crippen molar-refractivity contribution in [1.82, 2.24) is 10.3 Å². The number of rotatable bonds is 5. The maximum absolute atomic E-state index is 14.0. The Hall–Kier alpha value is -3.93. The second-order valence-electron chi connectivity index (χ2n) is 8.20. The Morgan fingerprint density at radius 1 is 1.00 bits per heavy atom. The van der Waals surface area contributed by atoms with Crippen LogP contribution >= 0.6 is 0 Å². The molecule has 0 aliphatic heterocycles. The molecule has 0 saturated heterocycles. The normalized spacial score (nSPS) is 11.6. The first kappa shape index (κ1) is 22.3. The quantitative estimate of drug-likeness (QED) is 0.275. The second kappa shape index (κ2) is 9.69. The van der Waals surface area contributed by atoms with E-state index in [0.717, 1.165) is 33.3 Å². The molecule has 3 N–H and O–H groups in total. The van der Waals surface area contributed by atoms with Gasteiger partial charge in [-0.1, -0.05) is 36.4 Å². The highest BCUT2D eigenvalue weighted by Crippen LogP contribution is 2.19. The highest BCUT2D eigenvalue weighted by molar-refractivity contribution is 6.10. The van der Waals surface area contributed by atoms with Crippen LogP contribution in [0.25, 0.3) is 10.9 Å². The Labute approximate surface area is 192 Å². The van der Waals surface area contributed by atoms with Crippen LogP contribution in [0.1, 0.15) is 32.6 Å². The molecule has 1 amide bonds. The largest absolute Gasteiger partial charge is 0.361 e. The van der Waals surface area contributed by atoms with Gasteiger partial charge < -0.3 is 10.3 Å². The van der Waals surface area contributed by atoms with E-state index in [2.05, 4.69) is 26.7 Å². The van der Waals surface area contributed by atoms with E-state index in [4.69, 9.17) is 0 Å². The van der Waals surface area contributed by atoms with Crippen molar-refractivity contribution in [3.63, 3.8) is 0 Å². The molecule has 168 valence electrons. The van der Waals surface area contributed by atoms with Crippen molar-refractivity contribution >= 4 is 28.5 Å². The van der Waals surface area contributed by atoms with E-state index in [1.165, 1.54) is 6.07 Å². The molecular formula is C27H27FN4O. The maximum Gasteiger partial charge on any atom is 0.258 e. The zero-order valence-electron chi connectivity index (χ0n) is 19.0. The van der Waals surface area contributed by atoms with Gasteiger partial charge in [0, 0.05) is 34.9 Å². The van der Waals surface area contributed by atoms with Crippen LogP contribution in [0.5, 0.6) is 0 Å². The molecule has 0 spiro atoms. The van der Waals surface area contributed by atoms with Crippen molar-refractivity contribution in [3.05, 3.63) is 100 Å². The number of aliphatic imine (C=N–C) groups is 1. The van der Waals surface area contributed by atoms with E-state index < -0.39 is 11.7 Å². The molecule has 4 aromatic rings. The first-order valence-electron chi connectivity index (χ1n) is 10.9. The monoisotopic (exact) mass is 442 g/mol. The minimum atomic E-state index is -0.419. The summed E-state index contributed by atoms with van der Waals surface area (Å²) in [7, 11) is 0. The Bertz CT molecular complexity index is 1340. The molecule has 0 bridgehead atoms. The Balaban J connectivity index is 1.56. The Morgan fingerprint density at radius 2 is 1.79 bits per heavy atom. The number of carbonyl (C=O) groups is 1. The zero-order chi connectivity index (χ0) is 23.4. The lowest BCUT2D eigenvalue weighted by atomic mass is 10.1. The van der Waals surface area contributed by atoms with Crippen molar-refractivity contribution in [2.45, 2.75) is 27.2 Å². The fourth-order valence-corrected chi connectivity index (χ4v) is 3.65. The number of nitrogens with zero attached hydrogens (tertiary/aromatic N) is 1. The van der Waals surface area contributed by atoms with Gasteiger partial charge in [-0.25, -0.2) is 4.39 Å². The minimum Gasteiger partial charge on any atom is -0.361 e. The third-order valence-electron chi connectivity index (χ3n) is 5.64. The third kappa shape index (κ3) is 5.29. The van der Waals surface area contributed by atoms with Crippen LogP contribution in [0.4, 0.5) is 10.1 Å². The second-order valence-corrected chi connectivity index (χ2v) is 8.20. The molecule has 5 nitrogen and oxygen atoms in total. The van der Waals surface area contributed by atoms with Gasteiger partial charge in [0.25, 0.3) is 5.91 Å². The molecule has 0 atom stereocenters. The molecule has 1 heterocycles. The summed E-state index contributed by atoms with van der Waals surface area (Å²) in [5.41, 5.74) is 5.95. The molecule has 0 aliphatic rings. The number of nitrogens with one attached hydrogen (secondary N) is 3. The van der Waals surface area contributed by atoms with Crippen LogP contribution in [0, 0.1) is 26.6 Å². The maximum atomic E-state index is 14.0. The summed E-state index contributed by atoms with van der Waals surface area (Å²) in [4.78, 5) is 20.7. The first-order chi connectivity index (χ1) is 15.9. The molecule has 4 rings (SSSR count). The number of guanidine groups is 1. The summed E-state index contributed by atoms with van der Waals surface area (Å²) in [5, 5.41) is 7.23. The number of para-hydroxylation sites is 1. The van der Waals surface area contributed by atoms with E-state index in [9.17, 15) is 9.18 Å². The van der Waals surface area contributed by atoms with Crippen molar-refractivity contribution in [2.75, 3.05) is 11.9 Å². The fraction of sp³-hybridized carbons (Fsp3) is 0.185. The number of hydrogen-bond acceptors (Lipinski definition) is 2. The summed E-state index contributed by atoms with van der Waals surface area (Å²) in [5.74, 6) is -0.505. The van der Waals surface area contributed by atoms with Gasteiger partial charge in [0.15, 0.2) is 0 Å². The number of amides is 1. The predicted molar refractivity (Wildman–Crippen MR) is 132 cm³/mol. The highest BCUT2D eigenvalue weighted by Gasteiger charge is 2.12. The van der Waals surface area contributed by atoms with E-state index in [-0.39, 0.29) is 5.56 Å². The summed E-state index contributed by atoms with van der Waals surface area (Å²) in [6.45, 7) is 6.13. The lowest BCUT2D eigenvalue weighted by Gasteiger charge is -2.14. The van der Waals surface area contributed by atoms with Gasteiger partial charge in [-0.05, 0) is 73.7 Å².